The molecule has 1 aromatic carbocycles. The highest BCUT2D eigenvalue weighted by Gasteiger charge is 2.49. The van der Waals surface area contributed by atoms with E-state index in [1.54, 1.807) is 0 Å². The number of aryl methyl sites for hydroxylation is 1. The Balaban J connectivity index is 1.27. The number of likely N-dealkylation sites (tertiary alicyclic amines) is 1. The van der Waals surface area contributed by atoms with Crippen molar-refractivity contribution in [2.45, 2.75) is 71.2 Å². The van der Waals surface area contributed by atoms with Crippen LogP contribution in [0.5, 0.6) is 0 Å². The maximum atomic E-state index is 12.4. The van der Waals surface area contributed by atoms with E-state index in [0.717, 1.165) is 41.8 Å². The van der Waals surface area contributed by atoms with E-state index in [4.69, 9.17) is 14.0 Å². The molecule has 5 rings (SSSR count). The average molecular weight is 425 g/mol. The summed E-state index contributed by atoms with van der Waals surface area (Å²) in [5.74, 6) is 2.22. The van der Waals surface area contributed by atoms with Gasteiger partial charge < -0.3 is 18.9 Å². The van der Waals surface area contributed by atoms with E-state index in [9.17, 15) is 4.79 Å². The number of ether oxygens (including phenoxy) is 2. The molecule has 1 aliphatic heterocycles. The standard InChI is InChI=1S/C25H32N2O4/c1-15-7-5-6-8-19(15)21-20(23(31-26-21)16-9-10-16)14-29-22-17-11-18(22)13-27(12-17)24(28)30-25(2,3)4/h5-8,16-18,22H,9-14H2,1-4H3. The van der Waals surface area contributed by atoms with Gasteiger partial charge in [0.15, 0.2) is 0 Å². The Hall–Kier alpha value is -2.34. The van der Waals surface area contributed by atoms with E-state index < -0.39 is 5.60 Å². The summed E-state index contributed by atoms with van der Waals surface area (Å²) >= 11 is 0. The first-order valence-corrected chi connectivity index (χ1v) is 11.4. The van der Waals surface area contributed by atoms with Crippen molar-refractivity contribution in [3.8, 4) is 11.3 Å². The van der Waals surface area contributed by atoms with E-state index in [1.807, 2.05) is 37.8 Å². The molecular formula is C25H32N2O4. The summed E-state index contributed by atoms with van der Waals surface area (Å²) in [6.07, 6.45) is 3.42. The monoisotopic (exact) mass is 424 g/mol. The third-order valence-electron chi connectivity index (χ3n) is 6.68. The molecule has 2 aliphatic carbocycles. The molecule has 2 aromatic rings. The third-order valence-corrected chi connectivity index (χ3v) is 6.68. The Labute approximate surface area is 183 Å². The molecule has 1 aromatic heterocycles. The van der Waals surface area contributed by atoms with Crippen molar-refractivity contribution < 1.29 is 18.8 Å². The minimum Gasteiger partial charge on any atom is -0.444 e. The summed E-state index contributed by atoms with van der Waals surface area (Å²) in [5, 5.41) is 4.45. The number of hydrogen-bond donors (Lipinski definition) is 0. The zero-order chi connectivity index (χ0) is 21.8. The van der Waals surface area contributed by atoms with Gasteiger partial charge in [0, 0.05) is 42.0 Å². The van der Waals surface area contributed by atoms with Crippen LogP contribution >= 0.6 is 0 Å². The highest BCUT2D eigenvalue weighted by atomic mass is 16.6. The summed E-state index contributed by atoms with van der Waals surface area (Å²) in [7, 11) is 0. The van der Waals surface area contributed by atoms with Gasteiger partial charge in [-0.1, -0.05) is 29.4 Å². The zero-order valence-corrected chi connectivity index (χ0v) is 18.9. The van der Waals surface area contributed by atoms with Crippen molar-refractivity contribution >= 4 is 6.09 Å². The van der Waals surface area contributed by atoms with Gasteiger partial charge in [-0.3, -0.25) is 0 Å². The lowest BCUT2D eigenvalue weighted by atomic mass is 9.68. The average Bonchev–Trinajstić information content (AvgIpc) is 3.48. The van der Waals surface area contributed by atoms with E-state index in [2.05, 4.69) is 24.2 Å². The lowest BCUT2D eigenvalue weighted by molar-refractivity contribution is -0.146. The zero-order valence-electron chi connectivity index (χ0n) is 18.9. The molecule has 6 heteroatoms. The van der Waals surface area contributed by atoms with Crippen LogP contribution in [0, 0.1) is 18.8 Å². The molecule has 3 aliphatic rings. The molecule has 3 fully saturated rings. The Morgan fingerprint density at radius 1 is 1.19 bits per heavy atom. The van der Waals surface area contributed by atoms with Crippen LogP contribution in [0.1, 0.15) is 62.8 Å². The smallest absolute Gasteiger partial charge is 0.410 e. The van der Waals surface area contributed by atoms with E-state index >= 15 is 0 Å². The number of benzene rings is 1. The van der Waals surface area contributed by atoms with Crippen LogP contribution < -0.4 is 0 Å². The minimum atomic E-state index is -0.464. The van der Waals surface area contributed by atoms with E-state index in [0.29, 0.717) is 37.5 Å². The van der Waals surface area contributed by atoms with Gasteiger partial charge in [-0.25, -0.2) is 4.79 Å². The topological polar surface area (TPSA) is 64.8 Å². The van der Waals surface area contributed by atoms with Gasteiger partial charge in [-0.05, 0) is 52.5 Å². The maximum absolute atomic E-state index is 12.4. The number of rotatable bonds is 5. The van der Waals surface area contributed by atoms with Crippen LogP contribution in [0.3, 0.4) is 0 Å². The first-order valence-electron chi connectivity index (χ1n) is 11.4. The maximum Gasteiger partial charge on any atom is 0.410 e. The molecule has 2 unspecified atom stereocenters. The molecule has 2 heterocycles. The minimum absolute atomic E-state index is 0.186. The van der Waals surface area contributed by atoms with Crippen molar-refractivity contribution in [2.24, 2.45) is 11.8 Å². The molecule has 2 bridgehead atoms. The summed E-state index contributed by atoms with van der Waals surface area (Å²) in [5.41, 5.74) is 3.86. The molecule has 0 radical (unpaired) electrons. The SMILES string of the molecule is Cc1ccccc1-c1noc(C2CC2)c1COC1C2CC1CN(C(=O)OC(C)(C)C)C2. The Morgan fingerprint density at radius 2 is 1.90 bits per heavy atom. The molecule has 166 valence electrons. The predicted octanol–water partition coefficient (Wildman–Crippen LogP) is 5.30. The van der Waals surface area contributed by atoms with Crippen molar-refractivity contribution in [1.29, 1.82) is 0 Å². The van der Waals surface area contributed by atoms with E-state index in [1.165, 1.54) is 5.56 Å². The largest absolute Gasteiger partial charge is 0.444 e. The molecular weight excluding hydrogens is 392 g/mol. The summed E-state index contributed by atoms with van der Waals surface area (Å²) in [4.78, 5) is 14.3. The number of amides is 1. The van der Waals surface area contributed by atoms with E-state index in [-0.39, 0.29) is 12.2 Å². The lowest BCUT2D eigenvalue weighted by Gasteiger charge is -2.52. The van der Waals surface area contributed by atoms with Gasteiger partial charge >= 0.3 is 6.09 Å². The van der Waals surface area contributed by atoms with Crippen LogP contribution in [0.4, 0.5) is 4.79 Å². The van der Waals surface area contributed by atoms with Crippen molar-refractivity contribution in [2.75, 3.05) is 13.1 Å². The normalized spacial score (nSPS) is 25.3. The summed E-state index contributed by atoms with van der Waals surface area (Å²) < 4.78 is 17.8. The molecule has 2 saturated carbocycles. The van der Waals surface area contributed by atoms with Crippen LogP contribution in [-0.4, -0.2) is 40.9 Å². The first-order chi connectivity index (χ1) is 14.8. The highest BCUT2D eigenvalue weighted by molar-refractivity contribution is 5.69. The number of nitrogens with zero attached hydrogens (tertiary/aromatic N) is 2. The van der Waals surface area contributed by atoms with Crippen LogP contribution in [0.15, 0.2) is 28.8 Å². The number of aromatic nitrogens is 1. The fourth-order valence-corrected chi connectivity index (χ4v) is 4.95. The second kappa shape index (κ2) is 7.66. The molecule has 0 spiro atoms. The van der Waals surface area contributed by atoms with Gasteiger partial charge in [0.05, 0.1) is 12.7 Å². The second-order valence-corrected chi connectivity index (χ2v) is 10.4. The number of carbonyl (C=O) groups is 1. The van der Waals surface area contributed by atoms with Crippen molar-refractivity contribution in [1.82, 2.24) is 10.1 Å². The lowest BCUT2D eigenvalue weighted by Crippen LogP contribution is -2.60. The predicted molar refractivity (Wildman–Crippen MR) is 117 cm³/mol. The van der Waals surface area contributed by atoms with Crippen molar-refractivity contribution in [3.05, 3.63) is 41.2 Å². The summed E-state index contributed by atoms with van der Waals surface area (Å²) in [6, 6.07) is 8.29. The first kappa shape index (κ1) is 20.6. The number of fused-ring (bicyclic) bond motifs is 2. The quantitative estimate of drug-likeness (QED) is 0.652. The van der Waals surface area contributed by atoms with Gasteiger partial charge in [0.2, 0.25) is 0 Å². The molecule has 1 amide bonds. The second-order valence-electron chi connectivity index (χ2n) is 10.4. The molecule has 1 saturated heterocycles. The fourth-order valence-electron chi connectivity index (χ4n) is 4.95. The van der Waals surface area contributed by atoms with Crippen LogP contribution in [0.25, 0.3) is 11.3 Å². The van der Waals surface area contributed by atoms with Crippen LogP contribution in [-0.2, 0) is 16.1 Å². The molecule has 0 N–H and O–H groups in total. The summed E-state index contributed by atoms with van der Waals surface area (Å²) in [6.45, 7) is 9.76. The van der Waals surface area contributed by atoms with Gasteiger partial charge in [-0.15, -0.1) is 0 Å². The molecule has 2 atom stereocenters. The third kappa shape index (κ3) is 4.10. The highest BCUT2D eigenvalue weighted by Crippen LogP contribution is 2.46. The van der Waals surface area contributed by atoms with Gasteiger partial charge in [0.25, 0.3) is 0 Å². The van der Waals surface area contributed by atoms with Gasteiger partial charge in [-0.2, -0.15) is 0 Å². The Kier molecular flexibility index (Phi) is 5.08. The molecule has 31 heavy (non-hydrogen) atoms. The number of hydrogen-bond acceptors (Lipinski definition) is 5. The van der Waals surface area contributed by atoms with Crippen LogP contribution in [0.2, 0.25) is 0 Å². The van der Waals surface area contributed by atoms with Gasteiger partial charge in [0.1, 0.15) is 17.1 Å². The number of piperidine rings is 2. The Bertz CT molecular complexity index is 960. The fraction of sp³-hybridized carbons (Fsp3) is 0.600. The van der Waals surface area contributed by atoms with Crippen molar-refractivity contribution in [3.63, 3.8) is 0 Å². The number of carbonyl (C=O) groups excluding carboxylic acids is 1. The Morgan fingerprint density at radius 3 is 2.55 bits per heavy atom. The molecule has 6 nitrogen and oxygen atoms in total.